The number of ether oxygens (including phenoxy) is 1. The van der Waals surface area contributed by atoms with Crippen LogP contribution in [0.15, 0.2) is 27.8 Å². The van der Waals surface area contributed by atoms with Crippen LogP contribution in [-0.4, -0.2) is 23.3 Å². The molecular weight excluding hydrogens is 347 g/mol. The predicted octanol–water partition coefficient (Wildman–Crippen LogP) is 2.42. The van der Waals surface area contributed by atoms with Crippen molar-refractivity contribution in [2.45, 2.75) is 12.8 Å². The number of amidine groups is 1. The summed E-state index contributed by atoms with van der Waals surface area (Å²) in [6, 6.07) is 3.68. The average Bonchev–Trinajstić information content (AvgIpc) is 2.30. The number of nitrogens with two attached hydrogens (primary N) is 1. The van der Waals surface area contributed by atoms with Crippen molar-refractivity contribution in [3.8, 4) is 5.75 Å². The second-order valence-electron chi connectivity index (χ2n) is 3.50. The number of hydrogen-bond donors (Lipinski definition) is 3. The monoisotopic (exact) mass is 355 g/mol. The Kier molecular flexibility index (Phi) is 5.19. The van der Waals surface area contributed by atoms with Crippen LogP contribution in [0.2, 0.25) is 0 Å². The third kappa shape index (κ3) is 5.34. The van der Waals surface area contributed by atoms with E-state index in [0.29, 0.717) is 4.47 Å². The van der Waals surface area contributed by atoms with Crippen LogP contribution in [0.5, 0.6) is 5.75 Å². The molecule has 0 fully saturated rings. The molecule has 0 saturated heterocycles. The fraction of sp³-hybridized carbons (Fsp3) is 0.200. The van der Waals surface area contributed by atoms with Gasteiger partial charge in [0, 0.05) is 4.47 Å². The molecular formula is C10H9BrF3N3O3. The Bertz CT molecular complexity index is 534. The summed E-state index contributed by atoms with van der Waals surface area (Å²) in [5.74, 6) is -1.72. The van der Waals surface area contributed by atoms with Crippen LogP contribution in [0, 0.1) is 0 Å². The number of carbonyl (C=O) groups excluding carboxylic acids is 1. The van der Waals surface area contributed by atoms with Crippen LogP contribution in [0.1, 0.15) is 6.42 Å². The number of alkyl halides is 3. The first-order chi connectivity index (χ1) is 9.21. The molecule has 1 aromatic carbocycles. The van der Waals surface area contributed by atoms with Crippen molar-refractivity contribution >= 4 is 33.4 Å². The summed E-state index contributed by atoms with van der Waals surface area (Å²) in [6.45, 7) is 0. The molecule has 1 aromatic rings. The lowest BCUT2D eigenvalue weighted by Crippen LogP contribution is -2.23. The smallest absolute Gasteiger partial charge is 0.409 e. The Morgan fingerprint density at radius 2 is 2.15 bits per heavy atom. The lowest BCUT2D eigenvalue weighted by Gasteiger charge is -2.14. The maximum Gasteiger partial charge on any atom is 0.573 e. The molecule has 0 bridgehead atoms. The normalized spacial score (nSPS) is 12.1. The zero-order valence-corrected chi connectivity index (χ0v) is 11.3. The summed E-state index contributed by atoms with van der Waals surface area (Å²) in [7, 11) is 0. The van der Waals surface area contributed by atoms with E-state index in [1.165, 1.54) is 12.1 Å². The first-order valence-electron chi connectivity index (χ1n) is 5.03. The van der Waals surface area contributed by atoms with Gasteiger partial charge in [0.1, 0.15) is 5.84 Å². The van der Waals surface area contributed by atoms with Crippen molar-refractivity contribution in [3.63, 3.8) is 0 Å². The molecule has 110 valence electrons. The van der Waals surface area contributed by atoms with E-state index in [2.05, 4.69) is 31.1 Å². The van der Waals surface area contributed by atoms with Crippen LogP contribution in [0.3, 0.4) is 0 Å². The van der Waals surface area contributed by atoms with E-state index in [9.17, 15) is 18.0 Å². The summed E-state index contributed by atoms with van der Waals surface area (Å²) < 4.78 is 40.8. The Morgan fingerprint density at radius 3 is 2.70 bits per heavy atom. The van der Waals surface area contributed by atoms with Gasteiger partial charge in [-0.05, 0) is 18.2 Å². The summed E-state index contributed by atoms with van der Waals surface area (Å²) >= 11 is 2.99. The van der Waals surface area contributed by atoms with Gasteiger partial charge >= 0.3 is 6.36 Å². The van der Waals surface area contributed by atoms with E-state index in [4.69, 9.17) is 10.9 Å². The molecule has 0 saturated carbocycles. The highest BCUT2D eigenvalue weighted by Gasteiger charge is 2.32. The molecule has 1 amide bonds. The number of benzene rings is 1. The minimum absolute atomic E-state index is 0.193. The van der Waals surface area contributed by atoms with E-state index in [1.807, 2.05) is 0 Å². The predicted molar refractivity (Wildman–Crippen MR) is 67.5 cm³/mol. The fourth-order valence-corrected chi connectivity index (χ4v) is 1.54. The molecule has 0 atom stereocenters. The molecule has 1 rings (SSSR count). The van der Waals surface area contributed by atoms with E-state index in [-0.39, 0.29) is 11.5 Å². The number of nitrogens with one attached hydrogen (secondary N) is 1. The summed E-state index contributed by atoms with van der Waals surface area (Å²) in [5, 5.41) is 13.0. The third-order valence-electron chi connectivity index (χ3n) is 1.91. The van der Waals surface area contributed by atoms with Crippen molar-refractivity contribution in [1.82, 2.24) is 0 Å². The highest BCUT2D eigenvalue weighted by atomic mass is 79.9. The molecule has 4 N–H and O–H groups in total. The van der Waals surface area contributed by atoms with Crippen LogP contribution < -0.4 is 15.8 Å². The summed E-state index contributed by atoms with van der Waals surface area (Å²) in [5.41, 5.74) is 4.92. The maximum atomic E-state index is 12.2. The van der Waals surface area contributed by atoms with Gasteiger partial charge in [-0.3, -0.25) is 4.79 Å². The SMILES string of the molecule is N/C(CC(=O)Nc1ccc(Br)cc1OC(F)(F)F)=N/O. The fourth-order valence-electron chi connectivity index (χ4n) is 1.20. The van der Waals surface area contributed by atoms with Gasteiger partial charge in [0.2, 0.25) is 5.91 Å². The van der Waals surface area contributed by atoms with E-state index in [0.717, 1.165) is 6.07 Å². The number of nitrogens with zero attached hydrogens (tertiary/aromatic N) is 1. The number of rotatable bonds is 4. The van der Waals surface area contributed by atoms with Crippen LogP contribution in [0.25, 0.3) is 0 Å². The van der Waals surface area contributed by atoms with Gasteiger partial charge in [0.05, 0.1) is 12.1 Å². The molecule has 0 radical (unpaired) electrons. The van der Waals surface area contributed by atoms with Crippen molar-refractivity contribution in [1.29, 1.82) is 0 Å². The van der Waals surface area contributed by atoms with E-state index >= 15 is 0 Å². The number of carbonyl (C=O) groups is 1. The second-order valence-corrected chi connectivity index (χ2v) is 4.42. The molecule has 10 heteroatoms. The van der Waals surface area contributed by atoms with E-state index in [1.54, 1.807) is 0 Å². The zero-order chi connectivity index (χ0) is 15.3. The second kappa shape index (κ2) is 6.46. The van der Waals surface area contributed by atoms with Crippen molar-refractivity contribution in [2.24, 2.45) is 10.9 Å². The van der Waals surface area contributed by atoms with Crippen LogP contribution in [0.4, 0.5) is 18.9 Å². The molecule has 0 spiro atoms. The molecule has 0 aromatic heterocycles. The Balaban J connectivity index is 2.91. The van der Waals surface area contributed by atoms with Crippen LogP contribution >= 0.6 is 15.9 Å². The van der Waals surface area contributed by atoms with Gasteiger partial charge in [-0.1, -0.05) is 21.1 Å². The van der Waals surface area contributed by atoms with Gasteiger partial charge in [0.25, 0.3) is 0 Å². The largest absolute Gasteiger partial charge is 0.573 e. The quantitative estimate of drug-likeness (QED) is 0.334. The minimum Gasteiger partial charge on any atom is -0.409 e. The zero-order valence-electron chi connectivity index (χ0n) is 9.74. The summed E-state index contributed by atoms with van der Waals surface area (Å²) in [4.78, 5) is 11.5. The van der Waals surface area contributed by atoms with Crippen molar-refractivity contribution < 1.29 is 27.9 Å². The first kappa shape index (κ1) is 16.1. The Morgan fingerprint density at radius 1 is 1.50 bits per heavy atom. The van der Waals surface area contributed by atoms with Crippen molar-refractivity contribution in [2.75, 3.05) is 5.32 Å². The number of oxime groups is 1. The molecule has 6 nitrogen and oxygen atoms in total. The highest BCUT2D eigenvalue weighted by Crippen LogP contribution is 2.32. The Labute approximate surface area is 119 Å². The van der Waals surface area contributed by atoms with E-state index < -0.39 is 24.4 Å². The minimum atomic E-state index is -4.90. The van der Waals surface area contributed by atoms with Gasteiger partial charge in [-0.2, -0.15) is 0 Å². The van der Waals surface area contributed by atoms with Gasteiger partial charge in [-0.15, -0.1) is 13.2 Å². The molecule has 0 aliphatic rings. The molecule has 0 aliphatic heterocycles. The topological polar surface area (TPSA) is 96.9 Å². The van der Waals surface area contributed by atoms with Gasteiger partial charge in [0.15, 0.2) is 5.75 Å². The Hall–Kier alpha value is -1.97. The van der Waals surface area contributed by atoms with Crippen LogP contribution in [-0.2, 0) is 4.79 Å². The number of amides is 1. The number of hydrogen-bond acceptors (Lipinski definition) is 4. The maximum absolute atomic E-state index is 12.2. The standard InChI is InChI=1S/C10H9BrF3N3O3/c11-5-1-2-6(7(3-5)20-10(12,13)14)16-9(18)4-8(15)17-19/h1-3,19H,4H2,(H2,15,17)(H,16,18). The number of halogens is 4. The third-order valence-corrected chi connectivity index (χ3v) is 2.41. The summed E-state index contributed by atoms with van der Waals surface area (Å²) in [6.07, 6.45) is -5.37. The van der Waals surface area contributed by atoms with Gasteiger partial charge in [-0.25, -0.2) is 0 Å². The molecule has 20 heavy (non-hydrogen) atoms. The molecule has 0 unspecified atom stereocenters. The average molecular weight is 356 g/mol. The lowest BCUT2D eigenvalue weighted by molar-refractivity contribution is -0.274. The first-order valence-corrected chi connectivity index (χ1v) is 5.82. The number of anilines is 1. The van der Waals surface area contributed by atoms with Gasteiger partial charge < -0.3 is 21.0 Å². The van der Waals surface area contributed by atoms with Crippen molar-refractivity contribution in [3.05, 3.63) is 22.7 Å². The lowest BCUT2D eigenvalue weighted by atomic mass is 10.2. The molecule has 0 heterocycles. The highest BCUT2D eigenvalue weighted by molar-refractivity contribution is 9.10. The molecule has 0 aliphatic carbocycles.